The highest BCUT2D eigenvalue weighted by Gasteiger charge is 2.20. The third-order valence-electron chi connectivity index (χ3n) is 3.01. The normalized spacial score (nSPS) is 34.3. The SMILES string of the molecule is [2H]c1cc([2H])c(C([2H])([2H])N2C([2H])([2H])C([2H])([2H])C([2H])(N([2H])c3ncnc4sc(Cl)c([2H])c34)C([2H])([2H])C2([2H])[2H])c([2H])c1C#N. The largest absolute Gasteiger partial charge is 0.367 e. The molecule has 1 fully saturated rings. The number of fused-ring (bicyclic) bond motifs is 1. The van der Waals surface area contributed by atoms with Gasteiger partial charge in [0.1, 0.15) is 17.0 Å². The Morgan fingerprint density at radius 1 is 1.50 bits per heavy atom. The highest BCUT2D eigenvalue weighted by atomic mass is 35.5. The number of aromatic nitrogens is 2. The first kappa shape index (κ1) is 6.75. The molecule has 26 heavy (non-hydrogen) atoms. The molecule has 3 heterocycles. The molecule has 5 nitrogen and oxygen atoms in total. The lowest BCUT2D eigenvalue weighted by Gasteiger charge is -2.32. The number of rotatable bonds is 4. The summed E-state index contributed by atoms with van der Waals surface area (Å²) in [6.45, 7) is -11.8. The maximum atomic E-state index is 9.36. The molecule has 0 saturated carbocycles. The zero-order valence-corrected chi connectivity index (χ0v) is 14.2. The van der Waals surface area contributed by atoms with Crippen LogP contribution in [0.4, 0.5) is 5.82 Å². The van der Waals surface area contributed by atoms with Crippen LogP contribution in [0.5, 0.6) is 0 Å². The second kappa shape index (κ2) is 7.58. The van der Waals surface area contributed by atoms with Gasteiger partial charge in [0.25, 0.3) is 0 Å². The Kier molecular flexibility index (Phi) is 1.97. The Bertz CT molecular complexity index is 1630. The van der Waals surface area contributed by atoms with E-state index >= 15 is 0 Å². The smallest absolute Gasteiger partial charge is 0.162 e. The van der Waals surface area contributed by atoms with Gasteiger partial charge in [-0.25, -0.2) is 9.97 Å². The Labute approximate surface area is 183 Å². The van der Waals surface area contributed by atoms with Gasteiger partial charge in [0.2, 0.25) is 0 Å². The molecule has 4 rings (SSSR count). The van der Waals surface area contributed by atoms with Crippen LogP contribution >= 0.6 is 22.9 Å². The molecule has 0 aliphatic carbocycles. The zero-order chi connectivity index (χ0) is 32.2. The fourth-order valence-electron chi connectivity index (χ4n) is 1.95. The van der Waals surface area contributed by atoms with Gasteiger partial charge in [-0.3, -0.25) is 4.90 Å². The number of piperidine rings is 1. The molecule has 132 valence electrons. The van der Waals surface area contributed by atoms with Crippen LogP contribution in [0.15, 0.2) is 36.6 Å². The van der Waals surface area contributed by atoms with E-state index in [-0.39, 0.29) is 19.9 Å². The maximum Gasteiger partial charge on any atom is 0.162 e. The van der Waals surface area contributed by atoms with Crippen molar-refractivity contribution in [1.29, 1.82) is 5.26 Å². The van der Waals surface area contributed by atoms with E-state index in [0.717, 1.165) is 17.7 Å². The predicted octanol–water partition coefficient (Wildman–Crippen LogP) is 4.29. The summed E-state index contributed by atoms with van der Waals surface area (Å²) >= 11 is 6.75. The number of halogens is 1. The molecule has 1 aromatic carbocycles. The molecule has 0 atom stereocenters. The standard InChI is InChI=1S/C19H18ClN5S/c20-17-9-16-18(22-12-23-19(16)26-17)24-15-4-6-25(7-5-15)11-14-3-1-2-13(8-14)10-21/h1-3,8-9,12,15H,4-7,11H2,(H,22,23,24)/i2D,3D,4D2,5D2,6D2,7D2,8D,9D,11D2,15D/hD. The van der Waals surface area contributed by atoms with E-state index in [9.17, 15) is 5.26 Å². The molecular formula is C19H18ClN5S. The van der Waals surface area contributed by atoms with Crippen molar-refractivity contribution in [3.63, 3.8) is 0 Å². The van der Waals surface area contributed by atoms with Crippen molar-refractivity contribution in [3.8, 4) is 6.07 Å². The molecule has 7 heteroatoms. The molecule has 1 saturated heterocycles. The molecule has 0 amide bonds. The number of nitrogens with one attached hydrogen (secondary N) is 1. The topological polar surface area (TPSA) is 64.8 Å². The highest BCUT2D eigenvalue weighted by molar-refractivity contribution is 7.22. The van der Waals surface area contributed by atoms with Crippen LogP contribution in [0.2, 0.25) is 5.75 Å². The summed E-state index contributed by atoms with van der Waals surface area (Å²) < 4.78 is 137. The van der Waals surface area contributed by atoms with Crippen LogP contribution in [0.1, 0.15) is 44.4 Å². The maximum absolute atomic E-state index is 9.36. The fourth-order valence-corrected chi connectivity index (χ4v) is 2.93. The van der Waals surface area contributed by atoms with Gasteiger partial charge in [0, 0.05) is 39.2 Å². The molecular weight excluding hydrogens is 366 g/mol. The number of nitriles is 1. The van der Waals surface area contributed by atoms with Crippen molar-refractivity contribution in [2.75, 3.05) is 18.3 Å². The molecule has 1 aliphatic rings. The van der Waals surface area contributed by atoms with E-state index in [2.05, 4.69) is 9.97 Å². The van der Waals surface area contributed by atoms with E-state index in [1.54, 1.807) is 0 Å². The second-order valence-electron chi connectivity index (χ2n) is 4.68. The van der Waals surface area contributed by atoms with E-state index in [0.29, 0.717) is 6.07 Å². The van der Waals surface area contributed by atoms with Gasteiger partial charge in [-0.05, 0) is 36.4 Å². The first-order valence-electron chi connectivity index (χ1n) is 14.9. The summed E-state index contributed by atoms with van der Waals surface area (Å²) in [5.74, 6) is -0.773. The highest BCUT2D eigenvalue weighted by Crippen LogP contribution is 2.32. The lowest BCUT2D eigenvalue weighted by molar-refractivity contribution is 0.211. The average Bonchev–Trinajstić information content (AvgIpc) is 3.14. The fraction of sp³-hybridized carbons (Fsp3) is 0.316. The van der Waals surface area contributed by atoms with Crippen LogP contribution in [-0.2, 0) is 6.50 Å². The minimum absolute atomic E-state index is 0.0196. The molecule has 0 spiro atoms. The monoisotopic (exact) mass is 399 g/mol. The lowest BCUT2D eigenvalue weighted by atomic mass is 10.0. The third kappa shape index (κ3) is 3.80. The van der Waals surface area contributed by atoms with Gasteiger partial charge in [-0.2, -0.15) is 5.26 Å². The third-order valence-corrected chi connectivity index (χ3v) is 4.12. The van der Waals surface area contributed by atoms with Gasteiger partial charge in [0.05, 0.1) is 28.2 Å². The van der Waals surface area contributed by atoms with Crippen LogP contribution < -0.4 is 5.31 Å². The minimum atomic E-state index is -4.03. The number of anilines is 1. The molecule has 1 aliphatic heterocycles. The Hall–Kier alpha value is -2.20. The van der Waals surface area contributed by atoms with Crippen LogP contribution in [0, 0.1) is 11.3 Å². The molecule has 3 aromatic rings. The second-order valence-corrected chi connectivity index (χ2v) is 6.28. The number of hydrogen-bond acceptors (Lipinski definition) is 6. The molecule has 0 radical (unpaired) electrons. The molecule has 1 N–H and O–H groups in total. The Balaban J connectivity index is 2.03. The average molecular weight is 400 g/mol. The van der Waals surface area contributed by atoms with E-state index in [4.69, 9.17) is 33.6 Å². The van der Waals surface area contributed by atoms with E-state index in [1.807, 2.05) is 0 Å². The van der Waals surface area contributed by atoms with Gasteiger partial charge in [0.15, 0.2) is 1.41 Å². The zero-order valence-electron chi connectivity index (χ0n) is 28.7. The van der Waals surface area contributed by atoms with Crippen molar-refractivity contribution < 1.29 is 22.0 Å². The number of likely N-dealkylation sites (tertiary alicyclic amines) is 1. The number of thiophene rings is 1. The van der Waals surface area contributed by atoms with Gasteiger partial charge >= 0.3 is 0 Å². The predicted molar refractivity (Wildman–Crippen MR) is 106 cm³/mol. The number of nitrogens with zero attached hydrogens (tertiary/aromatic N) is 4. The van der Waals surface area contributed by atoms with Gasteiger partial charge in [-0.1, -0.05) is 23.7 Å². The van der Waals surface area contributed by atoms with Crippen molar-refractivity contribution >= 4 is 39.0 Å². The van der Waals surface area contributed by atoms with Crippen molar-refractivity contribution in [2.24, 2.45) is 0 Å². The molecule has 2 aromatic heterocycles. The van der Waals surface area contributed by atoms with Gasteiger partial charge < -0.3 is 5.31 Å². The van der Waals surface area contributed by atoms with Crippen LogP contribution in [0.3, 0.4) is 0 Å². The summed E-state index contributed by atoms with van der Waals surface area (Å²) in [5.41, 5.74) is -1.91. The first-order chi connectivity index (χ1) is 19.0. The minimum Gasteiger partial charge on any atom is -0.367 e. The molecule has 0 unspecified atom stereocenters. The first-order valence-corrected chi connectivity index (χ1v) is 8.17. The lowest BCUT2D eigenvalue weighted by Crippen LogP contribution is -2.38. The Morgan fingerprint density at radius 2 is 2.35 bits per heavy atom. The van der Waals surface area contributed by atoms with Gasteiger partial charge in [-0.15, -0.1) is 11.3 Å². The van der Waals surface area contributed by atoms with Crippen molar-refractivity contribution in [2.45, 2.75) is 25.3 Å². The summed E-state index contributed by atoms with van der Waals surface area (Å²) in [5, 5.41) is 8.81. The van der Waals surface area contributed by atoms with Crippen LogP contribution in [-0.4, -0.2) is 33.9 Å². The number of hydrogen-bond donors (Lipinski definition) is 1. The van der Waals surface area contributed by atoms with Crippen LogP contribution in [0.25, 0.3) is 10.2 Å². The quantitative estimate of drug-likeness (QED) is 0.708. The van der Waals surface area contributed by atoms with Crippen molar-refractivity contribution in [3.05, 3.63) is 52.0 Å². The molecule has 0 bridgehead atoms. The number of benzene rings is 1. The summed E-state index contributed by atoms with van der Waals surface area (Å²) in [4.78, 5) is 7.10. The summed E-state index contributed by atoms with van der Waals surface area (Å²) in [7, 11) is 0. The van der Waals surface area contributed by atoms with E-state index < -0.39 is 84.3 Å². The van der Waals surface area contributed by atoms with Crippen molar-refractivity contribution in [1.82, 2.24) is 14.9 Å². The van der Waals surface area contributed by atoms with E-state index in [1.165, 1.54) is 6.07 Å². The Morgan fingerprint density at radius 3 is 3.15 bits per heavy atom. The summed E-state index contributed by atoms with van der Waals surface area (Å²) in [6.07, 6.45) is -7.21. The summed E-state index contributed by atoms with van der Waals surface area (Å²) in [6, 6.07) is -4.96.